The number of alkyl halides is 3. The fourth-order valence-electron chi connectivity index (χ4n) is 4.50. The molecule has 0 fully saturated rings. The van der Waals surface area contributed by atoms with Gasteiger partial charge in [0, 0.05) is 13.1 Å². The van der Waals surface area contributed by atoms with Crippen molar-refractivity contribution in [3.8, 4) is 11.1 Å². The zero-order valence-corrected chi connectivity index (χ0v) is 20.8. The van der Waals surface area contributed by atoms with E-state index >= 15 is 0 Å². The number of hydrogen-bond acceptors (Lipinski definition) is 1. The SMILES string of the molecule is CC(O)=[SH]CC[C@H](NC(=O)N1CCc2c(cccc2-c2ccc(C(F)(F)F)cc2)C1)c1ccccc1. The van der Waals surface area contributed by atoms with Gasteiger partial charge in [-0.05, 0) is 65.5 Å². The summed E-state index contributed by atoms with van der Waals surface area (Å²) in [6, 6.07) is 20.4. The normalized spacial score (nSPS) is 15.0. The van der Waals surface area contributed by atoms with Crippen LogP contribution in [-0.4, -0.2) is 33.4 Å². The van der Waals surface area contributed by atoms with Crippen molar-refractivity contribution in [2.75, 3.05) is 12.3 Å². The molecule has 0 spiro atoms. The van der Waals surface area contributed by atoms with Crippen LogP contribution in [0.2, 0.25) is 0 Å². The number of amides is 2. The molecular weight excluding hydrogens is 485 g/mol. The molecule has 0 unspecified atom stereocenters. The maximum Gasteiger partial charge on any atom is 0.416 e. The van der Waals surface area contributed by atoms with Gasteiger partial charge in [0.25, 0.3) is 0 Å². The van der Waals surface area contributed by atoms with Gasteiger partial charge < -0.3 is 15.3 Å². The lowest BCUT2D eigenvalue weighted by atomic mass is 9.90. The summed E-state index contributed by atoms with van der Waals surface area (Å²) in [5.41, 5.74) is 4.04. The quantitative estimate of drug-likeness (QED) is 0.252. The fourth-order valence-corrected chi connectivity index (χ4v) is 5.21. The number of thiol groups is 1. The Morgan fingerprint density at radius 3 is 2.44 bits per heavy atom. The summed E-state index contributed by atoms with van der Waals surface area (Å²) >= 11 is 0.842. The molecule has 0 saturated heterocycles. The number of halogens is 3. The van der Waals surface area contributed by atoms with Crippen LogP contribution in [0.15, 0.2) is 72.8 Å². The molecule has 1 aliphatic heterocycles. The van der Waals surface area contributed by atoms with Crippen LogP contribution in [0.25, 0.3) is 11.1 Å². The third-order valence-electron chi connectivity index (χ3n) is 6.33. The molecule has 0 bridgehead atoms. The molecule has 0 aliphatic carbocycles. The number of fused-ring (bicyclic) bond motifs is 1. The van der Waals surface area contributed by atoms with E-state index in [1.165, 1.54) is 12.1 Å². The third kappa shape index (κ3) is 6.36. The molecule has 2 N–H and O–H groups in total. The smallest absolute Gasteiger partial charge is 0.360 e. The van der Waals surface area contributed by atoms with Gasteiger partial charge in [-0.1, -0.05) is 60.7 Å². The van der Waals surface area contributed by atoms with Crippen molar-refractivity contribution in [3.63, 3.8) is 0 Å². The fraction of sp³-hybridized carbons (Fsp3) is 0.286. The van der Waals surface area contributed by atoms with Crippen LogP contribution < -0.4 is 5.32 Å². The number of nitrogens with one attached hydrogen (secondary N) is 1. The number of nitrogens with zero attached hydrogens (tertiary/aromatic N) is 1. The zero-order chi connectivity index (χ0) is 25.7. The Balaban J connectivity index is 1.49. The van der Waals surface area contributed by atoms with E-state index in [4.69, 9.17) is 0 Å². The molecule has 1 heterocycles. The van der Waals surface area contributed by atoms with Crippen LogP contribution in [0.3, 0.4) is 0 Å². The van der Waals surface area contributed by atoms with E-state index in [1.54, 1.807) is 11.8 Å². The Hall–Kier alpha value is -3.10. The molecule has 1 atom stereocenters. The highest BCUT2D eigenvalue weighted by molar-refractivity contribution is 7.98. The van der Waals surface area contributed by atoms with Gasteiger partial charge in [0.05, 0.1) is 16.7 Å². The average Bonchev–Trinajstić information content (AvgIpc) is 2.87. The van der Waals surface area contributed by atoms with Gasteiger partial charge in [-0.3, -0.25) is 0 Å². The van der Waals surface area contributed by atoms with Crippen LogP contribution in [0.5, 0.6) is 0 Å². The largest absolute Gasteiger partial charge is 0.416 e. The van der Waals surface area contributed by atoms with E-state index in [0.29, 0.717) is 31.0 Å². The van der Waals surface area contributed by atoms with E-state index in [2.05, 4.69) is 5.32 Å². The molecule has 3 aromatic rings. The Labute approximate surface area is 212 Å². The minimum absolute atomic E-state index is 0.157. The Bertz CT molecular complexity index is 1220. The molecule has 36 heavy (non-hydrogen) atoms. The summed E-state index contributed by atoms with van der Waals surface area (Å²) in [6.45, 7) is 2.61. The van der Waals surface area contributed by atoms with Gasteiger partial charge in [0.1, 0.15) is 0 Å². The monoisotopic (exact) mass is 514 g/mol. The molecule has 1 aliphatic rings. The van der Waals surface area contributed by atoms with Crippen molar-refractivity contribution in [1.29, 1.82) is 0 Å². The molecule has 0 aromatic heterocycles. The Kier molecular flexibility index (Phi) is 8.16. The second-order valence-electron chi connectivity index (χ2n) is 8.82. The highest BCUT2D eigenvalue weighted by Gasteiger charge is 2.30. The number of carbonyl (C=O) groups excluding carboxylic acids is 1. The molecule has 3 aromatic carbocycles. The van der Waals surface area contributed by atoms with Crippen LogP contribution in [0, 0.1) is 0 Å². The van der Waals surface area contributed by atoms with E-state index < -0.39 is 11.7 Å². The number of benzene rings is 3. The highest BCUT2D eigenvalue weighted by atomic mass is 32.1. The number of carbonyl (C=O) groups is 1. The second-order valence-corrected chi connectivity index (χ2v) is 10.2. The first kappa shape index (κ1) is 26.0. The molecule has 2 amide bonds. The Morgan fingerprint density at radius 2 is 1.78 bits per heavy atom. The van der Waals surface area contributed by atoms with Crippen LogP contribution >= 0.6 is 11.4 Å². The molecular formula is C28H29F3N2O2S. The zero-order valence-electron chi connectivity index (χ0n) is 19.9. The summed E-state index contributed by atoms with van der Waals surface area (Å²) in [6.07, 6.45) is -3.06. The molecule has 0 saturated carbocycles. The predicted molar refractivity (Wildman–Crippen MR) is 140 cm³/mol. The van der Waals surface area contributed by atoms with E-state index in [9.17, 15) is 23.1 Å². The van der Waals surface area contributed by atoms with Crippen molar-refractivity contribution < 1.29 is 23.1 Å². The van der Waals surface area contributed by atoms with Crippen LogP contribution in [0.1, 0.15) is 41.6 Å². The van der Waals surface area contributed by atoms with Gasteiger partial charge >= 0.3 is 12.2 Å². The first-order valence-corrected chi connectivity index (χ1v) is 12.9. The predicted octanol–water partition coefficient (Wildman–Crippen LogP) is 6.74. The van der Waals surface area contributed by atoms with Crippen molar-refractivity contribution >= 4 is 22.4 Å². The summed E-state index contributed by atoms with van der Waals surface area (Å²) in [5.74, 6) is 0.724. The number of aliphatic hydroxyl groups excluding tert-OH is 1. The summed E-state index contributed by atoms with van der Waals surface area (Å²) < 4.78 is 38.9. The second kappa shape index (κ2) is 11.3. The number of urea groups is 1. The van der Waals surface area contributed by atoms with Crippen molar-refractivity contribution in [1.82, 2.24) is 10.2 Å². The van der Waals surface area contributed by atoms with Gasteiger partial charge in [-0.25, -0.2) is 4.79 Å². The van der Waals surface area contributed by atoms with E-state index in [-0.39, 0.29) is 12.1 Å². The maximum atomic E-state index is 13.2. The standard InChI is InChI=1S/C28H29F3N2O2S/c1-19(34)36-17-15-26(21-6-3-2-4-7-21)32-27(35)33-16-14-25-22(18-33)8-5-9-24(25)20-10-12-23(13-11-20)28(29,30)31/h2-13,26,34,36H,14-18H2,1H3,(H,32,35)/t26-/m0/s1. The highest BCUT2D eigenvalue weighted by Crippen LogP contribution is 2.34. The number of aliphatic hydroxyl groups is 1. The average molecular weight is 515 g/mol. The minimum atomic E-state index is -4.37. The topological polar surface area (TPSA) is 52.6 Å². The van der Waals surface area contributed by atoms with Gasteiger partial charge in [0.2, 0.25) is 0 Å². The first-order valence-electron chi connectivity index (χ1n) is 11.8. The Morgan fingerprint density at radius 1 is 1.06 bits per heavy atom. The molecule has 190 valence electrons. The van der Waals surface area contributed by atoms with Gasteiger partial charge in [-0.15, -0.1) is 0 Å². The number of rotatable bonds is 6. The van der Waals surface area contributed by atoms with Gasteiger partial charge in [-0.2, -0.15) is 24.5 Å². The maximum absolute atomic E-state index is 13.2. The first-order chi connectivity index (χ1) is 17.2. The lowest BCUT2D eigenvalue weighted by Crippen LogP contribution is -2.44. The molecule has 4 nitrogen and oxygen atoms in total. The lowest BCUT2D eigenvalue weighted by Gasteiger charge is -2.32. The molecule has 8 heteroatoms. The van der Waals surface area contributed by atoms with Crippen molar-refractivity contribution in [3.05, 3.63) is 95.1 Å². The molecule has 4 rings (SSSR count). The molecule has 0 radical (unpaired) electrons. The summed E-state index contributed by atoms with van der Waals surface area (Å²) in [5, 5.41) is 13.0. The van der Waals surface area contributed by atoms with E-state index in [0.717, 1.165) is 57.1 Å². The summed E-state index contributed by atoms with van der Waals surface area (Å²) in [4.78, 5) is 15.0. The van der Waals surface area contributed by atoms with Gasteiger partial charge in [0.15, 0.2) is 0 Å². The van der Waals surface area contributed by atoms with Crippen LogP contribution in [-0.2, 0) is 19.1 Å². The van der Waals surface area contributed by atoms with Crippen molar-refractivity contribution in [2.24, 2.45) is 0 Å². The van der Waals surface area contributed by atoms with Crippen molar-refractivity contribution in [2.45, 2.75) is 38.5 Å². The van der Waals surface area contributed by atoms with E-state index in [1.807, 2.05) is 48.5 Å². The minimum Gasteiger partial charge on any atom is -0.360 e. The summed E-state index contributed by atoms with van der Waals surface area (Å²) in [7, 11) is 0. The lowest BCUT2D eigenvalue weighted by molar-refractivity contribution is -0.137. The number of hydrogen-bond donors (Lipinski definition) is 3. The third-order valence-corrected chi connectivity index (χ3v) is 7.27. The van der Waals surface area contributed by atoms with Crippen LogP contribution in [0.4, 0.5) is 18.0 Å².